The minimum Gasteiger partial charge on any atom is -0.493 e. The van der Waals surface area contributed by atoms with E-state index in [9.17, 15) is 13.6 Å². The third-order valence-electron chi connectivity index (χ3n) is 3.94. The van der Waals surface area contributed by atoms with Crippen LogP contribution in [0.1, 0.15) is 10.4 Å². The summed E-state index contributed by atoms with van der Waals surface area (Å²) in [6, 6.07) is 6.25. The maximum atomic E-state index is 13.9. The predicted octanol–water partition coefficient (Wildman–Crippen LogP) is 3.79. The summed E-state index contributed by atoms with van der Waals surface area (Å²) in [5.74, 6) is -1.15. The number of hydrogen-bond donors (Lipinski definition) is 1. The van der Waals surface area contributed by atoms with E-state index in [2.05, 4.69) is 10.3 Å². The Morgan fingerprint density at radius 1 is 1.00 bits per heavy atom. The van der Waals surface area contributed by atoms with Crippen molar-refractivity contribution in [3.8, 4) is 17.2 Å². The molecule has 0 aliphatic carbocycles. The van der Waals surface area contributed by atoms with Gasteiger partial charge in [0.2, 0.25) is 5.75 Å². The average molecular weight is 374 g/mol. The highest BCUT2D eigenvalue weighted by Crippen LogP contribution is 2.38. The number of rotatable bonds is 5. The summed E-state index contributed by atoms with van der Waals surface area (Å²) in [5.41, 5.74) is 0.391. The Hall–Kier alpha value is -3.42. The molecule has 1 N–H and O–H groups in total. The van der Waals surface area contributed by atoms with Crippen LogP contribution in [0.3, 0.4) is 0 Å². The summed E-state index contributed by atoms with van der Waals surface area (Å²) in [6.45, 7) is 0. The normalized spacial score (nSPS) is 10.6. The number of anilines is 1. The van der Waals surface area contributed by atoms with E-state index in [-0.39, 0.29) is 22.2 Å². The number of nitrogens with one attached hydrogen (secondary N) is 1. The molecule has 0 saturated heterocycles. The second-order valence-corrected chi connectivity index (χ2v) is 5.51. The molecule has 0 aliphatic rings. The molecule has 2 aromatic carbocycles. The fourth-order valence-electron chi connectivity index (χ4n) is 2.69. The number of methoxy groups -OCH3 is 3. The number of ether oxygens (including phenoxy) is 3. The van der Waals surface area contributed by atoms with Crippen molar-refractivity contribution in [2.24, 2.45) is 0 Å². The Bertz CT molecular complexity index is 999. The lowest BCUT2D eigenvalue weighted by atomic mass is 10.1. The van der Waals surface area contributed by atoms with E-state index in [0.29, 0.717) is 17.2 Å². The van der Waals surface area contributed by atoms with Gasteiger partial charge in [0.1, 0.15) is 11.3 Å². The summed E-state index contributed by atoms with van der Waals surface area (Å²) in [5, 5.41) is 2.78. The van der Waals surface area contributed by atoms with Crippen LogP contribution in [-0.4, -0.2) is 32.2 Å². The number of amides is 1. The molecule has 3 rings (SSSR count). The second-order valence-electron chi connectivity index (χ2n) is 5.51. The van der Waals surface area contributed by atoms with Crippen molar-refractivity contribution in [2.45, 2.75) is 0 Å². The quantitative estimate of drug-likeness (QED) is 0.736. The molecule has 27 heavy (non-hydrogen) atoms. The van der Waals surface area contributed by atoms with Crippen molar-refractivity contribution >= 4 is 22.5 Å². The Labute approximate surface area is 153 Å². The zero-order chi connectivity index (χ0) is 19.6. The van der Waals surface area contributed by atoms with E-state index >= 15 is 0 Å². The van der Waals surface area contributed by atoms with E-state index in [1.807, 2.05) is 0 Å². The van der Waals surface area contributed by atoms with Crippen molar-refractivity contribution in [2.75, 3.05) is 26.6 Å². The van der Waals surface area contributed by atoms with Gasteiger partial charge in [-0.2, -0.15) is 0 Å². The Kier molecular flexibility index (Phi) is 5.07. The third kappa shape index (κ3) is 3.46. The molecular formula is C19H16F2N2O4. The number of fused-ring (bicyclic) bond motifs is 1. The Balaban J connectivity index is 2.03. The van der Waals surface area contributed by atoms with Crippen LogP contribution in [0.15, 0.2) is 36.5 Å². The van der Waals surface area contributed by atoms with E-state index in [4.69, 9.17) is 14.2 Å². The van der Waals surface area contributed by atoms with Crippen molar-refractivity contribution < 1.29 is 27.8 Å². The lowest BCUT2D eigenvalue weighted by Gasteiger charge is -2.14. The van der Waals surface area contributed by atoms with Crippen LogP contribution in [0.4, 0.5) is 14.5 Å². The molecule has 6 nitrogen and oxygen atoms in total. The summed E-state index contributed by atoms with van der Waals surface area (Å²) in [7, 11) is 4.31. The van der Waals surface area contributed by atoms with Crippen LogP contribution in [0.5, 0.6) is 17.2 Å². The molecular weight excluding hydrogens is 358 g/mol. The SMILES string of the molecule is COc1cc(C(=O)Nc2ccnc3c(F)cc(F)cc23)cc(OC)c1OC. The van der Waals surface area contributed by atoms with E-state index in [0.717, 1.165) is 12.1 Å². The molecule has 0 saturated carbocycles. The average Bonchev–Trinajstić information content (AvgIpc) is 2.67. The smallest absolute Gasteiger partial charge is 0.255 e. The van der Waals surface area contributed by atoms with Crippen molar-refractivity contribution in [3.05, 3.63) is 53.7 Å². The van der Waals surface area contributed by atoms with E-state index in [1.165, 1.54) is 45.7 Å². The first-order valence-corrected chi connectivity index (χ1v) is 7.83. The molecule has 1 aromatic heterocycles. The lowest BCUT2D eigenvalue weighted by molar-refractivity contribution is 0.102. The Morgan fingerprint density at radius 2 is 1.67 bits per heavy atom. The van der Waals surface area contributed by atoms with Crippen LogP contribution in [-0.2, 0) is 0 Å². The molecule has 0 atom stereocenters. The number of aromatic nitrogens is 1. The van der Waals surface area contributed by atoms with Gasteiger partial charge in [0.25, 0.3) is 5.91 Å². The van der Waals surface area contributed by atoms with Crippen LogP contribution in [0.25, 0.3) is 10.9 Å². The van der Waals surface area contributed by atoms with Gasteiger partial charge in [-0.25, -0.2) is 8.78 Å². The minimum absolute atomic E-state index is 0.0425. The van der Waals surface area contributed by atoms with Crippen molar-refractivity contribution in [1.82, 2.24) is 4.98 Å². The molecule has 0 fully saturated rings. The van der Waals surface area contributed by atoms with Gasteiger partial charge >= 0.3 is 0 Å². The number of hydrogen-bond acceptors (Lipinski definition) is 5. The molecule has 140 valence electrons. The summed E-state index contributed by atoms with van der Waals surface area (Å²) >= 11 is 0. The number of benzene rings is 2. The highest BCUT2D eigenvalue weighted by Gasteiger charge is 2.18. The van der Waals surface area contributed by atoms with Gasteiger partial charge in [-0.3, -0.25) is 9.78 Å². The molecule has 0 spiro atoms. The zero-order valence-corrected chi connectivity index (χ0v) is 14.8. The van der Waals surface area contributed by atoms with Gasteiger partial charge in [0.05, 0.1) is 27.0 Å². The highest BCUT2D eigenvalue weighted by molar-refractivity contribution is 6.09. The van der Waals surface area contributed by atoms with Crippen molar-refractivity contribution in [1.29, 1.82) is 0 Å². The number of nitrogens with zero attached hydrogens (tertiary/aromatic N) is 1. The molecule has 0 radical (unpaired) electrons. The van der Waals surface area contributed by atoms with Crippen LogP contribution in [0.2, 0.25) is 0 Å². The topological polar surface area (TPSA) is 69.7 Å². The Morgan fingerprint density at radius 3 is 2.26 bits per heavy atom. The van der Waals surface area contributed by atoms with Crippen LogP contribution >= 0.6 is 0 Å². The fourth-order valence-corrected chi connectivity index (χ4v) is 2.69. The van der Waals surface area contributed by atoms with Crippen LogP contribution < -0.4 is 19.5 Å². The van der Waals surface area contributed by atoms with E-state index in [1.54, 1.807) is 0 Å². The predicted molar refractivity (Wildman–Crippen MR) is 95.7 cm³/mol. The van der Waals surface area contributed by atoms with Gasteiger partial charge in [0.15, 0.2) is 17.3 Å². The molecule has 1 heterocycles. The second kappa shape index (κ2) is 7.45. The molecule has 3 aromatic rings. The maximum absolute atomic E-state index is 13.9. The molecule has 0 unspecified atom stereocenters. The first-order chi connectivity index (χ1) is 13.0. The third-order valence-corrected chi connectivity index (χ3v) is 3.94. The fraction of sp³-hybridized carbons (Fsp3) is 0.158. The van der Waals surface area contributed by atoms with Crippen molar-refractivity contribution in [3.63, 3.8) is 0 Å². The van der Waals surface area contributed by atoms with Gasteiger partial charge in [-0.1, -0.05) is 0 Å². The lowest BCUT2D eigenvalue weighted by Crippen LogP contribution is -2.13. The van der Waals surface area contributed by atoms with Gasteiger partial charge in [-0.05, 0) is 24.3 Å². The standard InChI is InChI=1S/C19H16F2N2O4/c1-25-15-6-10(7-16(26-2)18(15)27-3)19(24)23-14-4-5-22-17-12(14)8-11(20)9-13(17)21/h4-9H,1-3H3,(H,22,23,24). The summed E-state index contributed by atoms with van der Waals surface area (Å²) in [4.78, 5) is 16.6. The minimum atomic E-state index is -0.811. The first-order valence-electron chi connectivity index (χ1n) is 7.83. The summed E-state index contributed by atoms with van der Waals surface area (Å²) < 4.78 is 43.2. The van der Waals surface area contributed by atoms with Gasteiger partial charge in [0, 0.05) is 23.2 Å². The number of halogens is 2. The van der Waals surface area contributed by atoms with Crippen LogP contribution in [0, 0.1) is 11.6 Å². The molecule has 8 heteroatoms. The monoisotopic (exact) mass is 374 g/mol. The van der Waals surface area contributed by atoms with E-state index < -0.39 is 17.5 Å². The molecule has 0 bridgehead atoms. The number of carbonyl (C=O) groups is 1. The number of carbonyl (C=O) groups excluding carboxylic acids is 1. The summed E-state index contributed by atoms with van der Waals surface area (Å²) in [6.07, 6.45) is 1.33. The maximum Gasteiger partial charge on any atom is 0.255 e. The zero-order valence-electron chi connectivity index (χ0n) is 14.8. The first kappa shape index (κ1) is 18.4. The largest absolute Gasteiger partial charge is 0.493 e. The van der Waals surface area contributed by atoms with Gasteiger partial charge in [-0.15, -0.1) is 0 Å². The molecule has 0 aliphatic heterocycles. The van der Waals surface area contributed by atoms with Gasteiger partial charge < -0.3 is 19.5 Å². The molecule has 1 amide bonds. The highest BCUT2D eigenvalue weighted by atomic mass is 19.1. The number of pyridine rings is 1.